The van der Waals surface area contributed by atoms with Crippen molar-refractivity contribution in [2.24, 2.45) is 0 Å². The van der Waals surface area contributed by atoms with Crippen molar-refractivity contribution >= 4 is 17.6 Å². The minimum atomic E-state index is -0.365. The number of ether oxygens (including phenoxy) is 1. The first-order valence-corrected chi connectivity index (χ1v) is 8.28. The molecule has 5 heteroatoms. The number of anilines is 1. The van der Waals surface area contributed by atoms with Crippen molar-refractivity contribution in [1.29, 1.82) is 0 Å². The minimum absolute atomic E-state index is 0.00160. The molecule has 0 fully saturated rings. The van der Waals surface area contributed by atoms with Gasteiger partial charge in [0.25, 0.3) is 0 Å². The van der Waals surface area contributed by atoms with E-state index in [1.54, 1.807) is 0 Å². The van der Waals surface area contributed by atoms with E-state index < -0.39 is 0 Å². The molecule has 134 valence electrons. The molecule has 1 amide bonds. The molecule has 1 aromatic rings. The van der Waals surface area contributed by atoms with Crippen LogP contribution in [-0.4, -0.2) is 23.0 Å². The van der Waals surface area contributed by atoms with Crippen LogP contribution in [0.15, 0.2) is 24.3 Å². The molecule has 0 heterocycles. The van der Waals surface area contributed by atoms with Gasteiger partial charge in [0, 0.05) is 23.2 Å². The third kappa shape index (κ3) is 9.18. The summed E-state index contributed by atoms with van der Waals surface area (Å²) in [6.45, 7) is 12.2. The summed E-state index contributed by atoms with van der Waals surface area (Å²) >= 11 is 0. The predicted octanol–water partition coefficient (Wildman–Crippen LogP) is 3.64. The number of esters is 1. The van der Waals surface area contributed by atoms with Crippen LogP contribution in [0.5, 0.6) is 0 Å². The lowest BCUT2D eigenvalue weighted by atomic mass is 10.1. The predicted molar refractivity (Wildman–Crippen MR) is 96.7 cm³/mol. The highest BCUT2D eigenvalue weighted by atomic mass is 16.5. The van der Waals surface area contributed by atoms with E-state index in [0.29, 0.717) is 0 Å². The Morgan fingerprint density at radius 3 is 2.00 bits per heavy atom. The van der Waals surface area contributed by atoms with Gasteiger partial charge in [-0.3, -0.25) is 9.59 Å². The summed E-state index contributed by atoms with van der Waals surface area (Å²) < 4.78 is 5.21. The van der Waals surface area contributed by atoms with Gasteiger partial charge in [0.05, 0.1) is 6.42 Å². The maximum Gasteiger partial charge on any atom is 0.306 e. The second-order valence-corrected chi connectivity index (χ2v) is 8.03. The molecule has 0 bridgehead atoms. The summed E-state index contributed by atoms with van der Waals surface area (Å²) in [5.41, 5.74) is 1.66. The number of benzene rings is 1. The molecular formula is C19H30N2O3. The van der Waals surface area contributed by atoms with Crippen LogP contribution in [0.25, 0.3) is 0 Å². The molecule has 0 saturated carbocycles. The second-order valence-electron chi connectivity index (χ2n) is 8.03. The van der Waals surface area contributed by atoms with E-state index in [0.717, 1.165) is 11.3 Å². The van der Waals surface area contributed by atoms with Gasteiger partial charge in [-0.2, -0.15) is 0 Å². The zero-order valence-electron chi connectivity index (χ0n) is 15.7. The largest absolute Gasteiger partial charge is 0.461 e. The Bertz CT molecular complexity index is 551. The van der Waals surface area contributed by atoms with Gasteiger partial charge in [-0.1, -0.05) is 12.1 Å². The van der Waals surface area contributed by atoms with Crippen molar-refractivity contribution < 1.29 is 14.3 Å². The van der Waals surface area contributed by atoms with Crippen LogP contribution in [0.2, 0.25) is 0 Å². The average molecular weight is 334 g/mol. The number of amides is 1. The number of hydrogen-bond donors (Lipinski definition) is 2. The molecule has 1 aromatic carbocycles. The lowest BCUT2D eigenvalue weighted by molar-refractivity contribution is -0.146. The van der Waals surface area contributed by atoms with E-state index in [2.05, 4.69) is 31.4 Å². The van der Waals surface area contributed by atoms with Crippen LogP contribution in [0.3, 0.4) is 0 Å². The summed E-state index contributed by atoms with van der Waals surface area (Å²) in [6.07, 6.45) is 0.232. The smallest absolute Gasteiger partial charge is 0.306 e. The van der Waals surface area contributed by atoms with E-state index in [1.165, 1.54) is 0 Å². The highest BCUT2D eigenvalue weighted by Crippen LogP contribution is 2.16. The summed E-state index contributed by atoms with van der Waals surface area (Å²) in [6, 6.07) is 7.78. The fourth-order valence-corrected chi connectivity index (χ4v) is 2.05. The average Bonchev–Trinajstić information content (AvgIpc) is 2.41. The summed E-state index contributed by atoms with van der Waals surface area (Å²) in [4.78, 5) is 23.4. The lowest BCUT2D eigenvalue weighted by Crippen LogP contribution is -2.40. The maximum atomic E-state index is 11.7. The number of carbonyl (C=O) groups is 2. The van der Waals surface area contributed by atoms with Crippen LogP contribution >= 0.6 is 0 Å². The van der Waals surface area contributed by atoms with E-state index in [-0.39, 0.29) is 42.4 Å². The Morgan fingerprint density at radius 1 is 0.917 bits per heavy atom. The van der Waals surface area contributed by atoms with Crippen LogP contribution in [0.4, 0.5) is 5.69 Å². The second kappa shape index (κ2) is 8.18. The summed E-state index contributed by atoms with van der Waals surface area (Å²) in [5.74, 6) is -0.506. The summed E-state index contributed by atoms with van der Waals surface area (Å²) in [7, 11) is 0. The number of hydrogen-bond acceptors (Lipinski definition) is 4. The molecule has 0 atom stereocenters. The van der Waals surface area contributed by atoms with Gasteiger partial charge in [-0.05, 0) is 59.2 Å². The molecular weight excluding hydrogens is 304 g/mol. The molecule has 0 aliphatic heterocycles. The molecule has 0 aromatic heterocycles. The van der Waals surface area contributed by atoms with Gasteiger partial charge >= 0.3 is 5.97 Å². The van der Waals surface area contributed by atoms with Crippen LogP contribution < -0.4 is 10.6 Å². The van der Waals surface area contributed by atoms with Crippen LogP contribution in [-0.2, 0) is 20.9 Å². The monoisotopic (exact) mass is 334 g/mol. The highest BCUT2D eigenvalue weighted by molar-refractivity contribution is 5.81. The number of carbonyl (C=O) groups excluding carboxylic acids is 2. The number of nitrogens with one attached hydrogen (secondary N) is 2. The summed E-state index contributed by atoms with van der Waals surface area (Å²) in [5, 5.41) is 6.19. The zero-order chi connectivity index (χ0) is 18.4. The van der Waals surface area contributed by atoms with E-state index in [9.17, 15) is 9.59 Å². The fraction of sp³-hybridized carbons (Fsp3) is 0.579. The normalized spacial score (nSPS) is 11.8. The first kappa shape index (κ1) is 20.0. The fourth-order valence-electron chi connectivity index (χ4n) is 2.05. The van der Waals surface area contributed by atoms with Crippen LogP contribution in [0, 0.1) is 0 Å². The van der Waals surface area contributed by atoms with Crippen molar-refractivity contribution in [1.82, 2.24) is 5.32 Å². The van der Waals surface area contributed by atoms with Crippen LogP contribution in [0.1, 0.15) is 59.9 Å². The van der Waals surface area contributed by atoms with Gasteiger partial charge in [0.1, 0.15) is 6.61 Å². The molecule has 0 aliphatic rings. The molecule has 24 heavy (non-hydrogen) atoms. The Hall–Kier alpha value is -2.04. The zero-order valence-corrected chi connectivity index (χ0v) is 15.7. The molecule has 5 nitrogen and oxygen atoms in total. The molecule has 0 radical (unpaired) electrons. The van der Waals surface area contributed by atoms with Crippen molar-refractivity contribution in [2.45, 2.75) is 72.1 Å². The molecule has 2 N–H and O–H groups in total. The van der Waals surface area contributed by atoms with Crippen molar-refractivity contribution in [3.63, 3.8) is 0 Å². The first-order valence-electron chi connectivity index (χ1n) is 8.28. The Morgan fingerprint density at radius 2 is 1.50 bits per heavy atom. The van der Waals surface area contributed by atoms with E-state index >= 15 is 0 Å². The van der Waals surface area contributed by atoms with E-state index in [1.807, 2.05) is 45.0 Å². The van der Waals surface area contributed by atoms with Gasteiger partial charge in [-0.25, -0.2) is 0 Å². The van der Waals surface area contributed by atoms with Gasteiger partial charge < -0.3 is 15.4 Å². The third-order valence-electron chi connectivity index (χ3n) is 2.94. The third-order valence-corrected chi connectivity index (χ3v) is 2.94. The van der Waals surface area contributed by atoms with Gasteiger partial charge in [0.15, 0.2) is 0 Å². The standard InChI is InChI=1S/C19H30N2O3/c1-18(2,3)20-15-9-7-14(8-10-15)13-24-17(23)12-11-16(22)21-19(4,5)6/h7-10,20H,11-13H2,1-6H3,(H,21,22). The van der Waals surface area contributed by atoms with Crippen molar-refractivity contribution in [3.8, 4) is 0 Å². The van der Waals surface area contributed by atoms with Gasteiger partial charge in [-0.15, -0.1) is 0 Å². The quantitative estimate of drug-likeness (QED) is 0.780. The minimum Gasteiger partial charge on any atom is -0.461 e. The Labute approximate surface area is 145 Å². The van der Waals surface area contributed by atoms with Crippen molar-refractivity contribution in [2.75, 3.05) is 5.32 Å². The Balaban J connectivity index is 2.35. The molecule has 0 spiro atoms. The Kier molecular flexibility index (Phi) is 6.81. The highest BCUT2D eigenvalue weighted by Gasteiger charge is 2.15. The molecule has 0 aliphatic carbocycles. The SMILES string of the molecule is CC(C)(C)NC(=O)CCC(=O)OCc1ccc(NC(C)(C)C)cc1. The first-order chi connectivity index (χ1) is 10.9. The maximum absolute atomic E-state index is 11.7. The molecule has 0 unspecified atom stereocenters. The lowest BCUT2D eigenvalue weighted by Gasteiger charge is -2.22. The number of rotatable bonds is 6. The van der Waals surface area contributed by atoms with Gasteiger partial charge in [0.2, 0.25) is 5.91 Å². The topological polar surface area (TPSA) is 67.4 Å². The van der Waals surface area contributed by atoms with Crippen molar-refractivity contribution in [3.05, 3.63) is 29.8 Å². The van der Waals surface area contributed by atoms with E-state index in [4.69, 9.17) is 4.74 Å². The molecule has 0 saturated heterocycles. The molecule has 1 rings (SSSR count).